The van der Waals surface area contributed by atoms with E-state index in [1.54, 1.807) is 12.4 Å². The molecule has 10 heteroatoms. The lowest BCUT2D eigenvalue weighted by atomic mass is 9.97. The fourth-order valence-corrected chi connectivity index (χ4v) is 2.76. The molecule has 0 aromatic carbocycles. The normalized spacial score (nSPS) is 14.5. The average molecular weight is 348 g/mol. The largest absolute Gasteiger partial charge is 0.425 e. The van der Waals surface area contributed by atoms with E-state index in [0.717, 1.165) is 15.6 Å². The summed E-state index contributed by atoms with van der Waals surface area (Å²) in [6.45, 7) is 1.79. The molecule has 0 aliphatic rings. The van der Waals surface area contributed by atoms with Gasteiger partial charge in [0.15, 0.2) is 5.82 Å². The molecule has 0 radical (unpaired) electrons. The van der Waals surface area contributed by atoms with Crippen LogP contribution in [0.1, 0.15) is 22.8 Å². The number of aliphatic hydroxyl groups is 1. The summed E-state index contributed by atoms with van der Waals surface area (Å²) in [5.74, 6) is -1.56. The van der Waals surface area contributed by atoms with E-state index in [9.17, 15) is 23.1 Å². The van der Waals surface area contributed by atoms with Crippen molar-refractivity contribution in [2.45, 2.75) is 31.7 Å². The number of nitrogens with zero attached hydrogens (tertiary/aromatic N) is 3. The van der Waals surface area contributed by atoms with Crippen LogP contribution in [0.5, 0.6) is 0 Å². The minimum Gasteiger partial charge on any atom is -0.374 e. The molecule has 0 saturated heterocycles. The van der Waals surface area contributed by atoms with Crippen LogP contribution in [0.25, 0.3) is 0 Å². The highest BCUT2D eigenvalue weighted by Gasteiger charge is 2.58. The first-order valence-corrected chi connectivity index (χ1v) is 7.45. The fourth-order valence-electron chi connectivity index (χ4n) is 2.04. The summed E-state index contributed by atoms with van der Waals surface area (Å²) in [6, 6.07) is 0. The number of imidazole rings is 1. The van der Waals surface area contributed by atoms with Crippen molar-refractivity contribution in [2.75, 3.05) is 0 Å². The molecule has 1 atom stereocenters. The number of aryl methyl sites for hydroxylation is 2. The van der Waals surface area contributed by atoms with Crippen LogP contribution in [0.4, 0.5) is 13.2 Å². The second-order valence-electron chi connectivity index (χ2n) is 5.03. The lowest BCUT2D eigenvalue weighted by Gasteiger charge is -2.29. The Kier molecular flexibility index (Phi) is 4.76. The van der Waals surface area contributed by atoms with Crippen molar-refractivity contribution in [3.8, 4) is 0 Å². The van der Waals surface area contributed by atoms with Crippen molar-refractivity contribution in [2.24, 2.45) is 7.05 Å². The van der Waals surface area contributed by atoms with Gasteiger partial charge in [-0.25, -0.2) is 9.97 Å². The number of thiazole rings is 1. The molecule has 0 aliphatic carbocycles. The quantitative estimate of drug-likeness (QED) is 0.861. The predicted octanol–water partition coefficient (Wildman–Crippen LogP) is 1.64. The predicted molar refractivity (Wildman–Crippen MR) is 76.5 cm³/mol. The highest BCUT2D eigenvalue weighted by Crippen LogP contribution is 2.40. The van der Waals surface area contributed by atoms with E-state index >= 15 is 0 Å². The molecule has 0 bridgehead atoms. The topological polar surface area (TPSA) is 80.0 Å². The van der Waals surface area contributed by atoms with E-state index in [0.29, 0.717) is 5.69 Å². The van der Waals surface area contributed by atoms with Crippen molar-refractivity contribution in [1.29, 1.82) is 0 Å². The number of amides is 1. The second kappa shape index (κ2) is 6.28. The van der Waals surface area contributed by atoms with Gasteiger partial charge in [-0.2, -0.15) is 13.2 Å². The van der Waals surface area contributed by atoms with Crippen LogP contribution in [0.3, 0.4) is 0 Å². The summed E-state index contributed by atoms with van der Waals surface area (Å²) in [7, 11) is 1.32. The number of nitrogens with one attached hydrogen (secondary N) is 1. The van der Waals surface area contributed by atoms with Gasteiger partial charge in [0, 0.05) is 24.3 Å². The van der Waals surface area contributed by atoms with Crippen LogP contribution in [-0.2, 0) is 24.0 Å². The molecule has 6 nitrogen and oxygen atoms in total. The van der Waals surface area contributed by atoms with Crippen LogP contribution in [-0.4, -0.2) is 31.7 Å². The minimum atomic E-state index is -5.04. The molecule has 23 heavy (non-hydrogen) atoms. The Morgan fingerprint density at radius 1 is 1.43 bits per heavy atom. The summed E-state index contributed by atoms with van der Waals surface area (Å²) >= 11 is 1.29. The SMILES string of the molecule is Cc1ncsc1CNC(=O)CC(O)(c1nccn1C)C(F)(F)F. The molecule has 2 heterocycles. The zero-order chi connectivity index (χ0) is 17.3. The molecular formula is C13H15F3N4O2S. The van der Waals surface area contributed by atoms with Gasteiger partial charge < -0.3 is 15.0 Å². The number of halogens is 3. The van der Waals surface area contributed by atoms with Gasteiger partial charge in [-0.05, 0) is 6.92 Å². The van der Waals surface area contributed by atoms with E-state index in [2.05, 4.69) is 15.3 Å². The number of carbonyl (C=O) groups excluding carboxylic acids is 1. The van der Waals surface area contributed by atoms with Crippen molar-refractivity contribution in [3.05, 3.63) is 34.3 Å². The second-order valence-corrected chi connectivity index (χ2v) is 5.97. The zero-order valence-corrected chi connectivity index (χ0v) is 13.2. The summed E-state index contributed by atoms with van der Waals surface area (Å²) in [6.07, 6.45) is -3.81. The smallest absolute Gasteiger partial charge is 0.374 e. The molecule has 0 aliphatic heterocycles. The molecule has 1 amide bonds. The van der Waals surface area contributed by atoms with Gasteiger partial charge >= 0.3 is 6.18 Å². The van der Waals surface area contributed by atoms with Crippen LogP contribution in [0, 0.1) is 6.92 Å². The number of alkyl halides is 3. The Labute approximate surface area is 134 Å². The monoisotopic (exact) mass is 348 g/mol. The number of hydrogen-bond acceptors (Lipinski definition) is 5. The third-order valence-electron chi connectivity index (χ3n) is 3.37. The van der Waals surface area contributed by atoms with Crippen molar-refractivity contribution in [1.82, 2.24) is 19.9 Å². The maximum absolute atomic E-state index is 13.3. The molecular weight excluding hydrogens is 333 g/mol. The Morgan fingerprint density at radius 2 is 2.13 bits per heavy atom. The minimum absolute atomic E-state index is 0.0594. The molecule has 2 rings (SSSR count). The average Bonchev–Trinajstić information content (AvgIpc) is 3.04. The van der Waals surface area contributed by atoms with Gasteiger partial charge in [-0.15, -0.1) is 11.3 Å². The summed E-state index contributed by atoms with van der Waals surface area (Å²) in [4.78, 5) is 20.2. The van der Waals surface area contributed by atoms with Gasteiger partial charge in [-0.3, -0.25) is 4.79 Å². The molecule has 2 aromatic rings. The van der Waals surface area contributed by atoms with Crippen LogP contribution in [0.2, 0.25) is 0 Å². The Balaban J connectivity index is 2.14. The summed E-state index contributed by atoms with van der Waals surface area (Å²) < 4.78 is 40.9. The van der Waals surface area contributed by atoms with Gasteiger partial charge in [-0.1, -0.05) is 0 Å². The molecule has 0 saturated carbocycles. The first-order valence-electron chi connectivity index (χ1n) is 6.57. The zero-order valence-electron chi connectivity index (χ0n) is 12.4. The summed E-state index contributed by atoms with van der Waals surface area (Å²) in [5, 5.41) is 12.5. The van der Waals surface area contributed by atoms with E-state index < -0.39 is 29.9 Å². The van der Waals surface area contributed by atoms with Crippen LogP contribution >= 0.6 is 11.3 Å². The standard InChI is InChI=1S/C13H15F3N4O2S/c1-8-9(23-7-19-8)6-18-10(21)5-12(22,13(14,15)16)11-17-3-4-20(11)2/h3-4,7,22H,5-6H2,1-2H3,(H,18,21). The lowest BCUT2D eigenvalue weighted by Crippen LogP contribution is -2.47. The first-order chi connectivity index (χ1) is 10.6. The van der Waals surface area contributed by atoms with Gasteiger partial charge in [0.25, 0.3) is 0 Å². The highest BCUT2D eigenvalue weighted by molar-refractivity contribution is 7.09. The Bertz CT molecular complexity index is 697. The third kappa shape index (κ3) is 3.53. The molecule has 0 fully saturated rings. The molecule has 1 unspecified atom stereocenters. The third-order valence-corrected chi connectivity index (χ3v) is 4.30. The van der Waals surface area contributed by atoms with Gasteiger partial charge in [0.2, 0.25) is 11.5 Å². The van der Waals surface area contributed by atoms with Gasteiger partial charge in [0.1, 0.15) is 0 Å². The van der Waals surface area contributed by atoms with Crippen molar-refractivity contribution < 1.29 is 23.1 Å². The number of carbonyl (C=O) groups is 1. The Hall–Kier alpha value is -1.94. The molecule has 2 N–H and O–H groups in total. The summed E-state index contributed by atoms with van der Waals surface area (Å²) in [5.41, 5.74) is -1.07. The fraction of sp³-hybridized carbons (Fsp3) is 0.462. The number of hydrogen-bond donors (Lipinski definition) is 2. The Morgan fingerprint density at radius 3 is 2.61 bits per heavy atom. The van der Waals surface area contributed by atoms with Gasteiger partial charge in [0.05, 0.1) is 24.2 Å². The lowest BCUT2D eigenvalue weighted by molar-refractivity contribution is -0.271. The maximum Gasteiger partial charge on any atom is 0.425 e. The van der Waals surface area contributed by atoms with Crippen molar-refractivity contribution >= 4 is 17.2 Å². The van der Waals surface area contributed by atoms with Crippen LogP contribution < -0.4 is 5.32 Å². The number of aromatic nitrogens is 3. The van der Waals surface area contributed by atoms with E-state index in [-0.39, 0.29) is 6.54 Å². The number of rotatable bonds is 5. The van der Waals surface area contributed by atoms with E-state index in [4.69, 9.17) is 0 Å². The van der Waals surface area contributed by atoms with Crippen LogP contribution in [0.15, 0.2) is 17.9 Å². The van der Waals surface area contributed by atoms with Crippen molar-refractivity contribution in [3.63, 3.8) is 0 Å². The highest BCUT2D eigenvalue weighted by atomic mass is 32.1. The molecule has 0 spiro atoms. The maximum atomic E-state index is 13.3. The molecule has 126 valence electrons. The first kappa shape index (κ1) is 17.4. The van der Waals surface area contributed by atoms with E-state index in [1.807, 2.05) is 0 Å². The van der Waals surface area contributed by atoms with E-state index in [1.165, 1.54) is 24.6 Å². The molecule has 2 aromatic heterocycles.